The van der Waals surface area contributed by atoms with E-state index < -0.39 is 24.5 Å². The number of benzene rings is 1. The molecule has 0 atom stereocenters. The Morgan fingerprint density at radius 2 is 2.05 bits per heavy atom. The van der Waals surface area contributed by atoms with E-state index in [0.29, 0.717) is 0 Å². The van der Waals surface area contributed by atoms with Crippen molar-refractivity contribution in [2.24, 2.45) is 0 Å². The molecule has 1 aliphatic carbocycles. The van der Waals surface area contributed by atoms with E-state index in [-0.39, 0.29) is 22.4 Å². The predicted molar refractivity (Wildman–Crippen MR) is 73.6 cm³/mol. The van der Waals surface area contributed by atoms with Crippen LogP contribution < -0.4 is 15.4 Å². The van der Waals surface area contributed by atoms with E-state index in [1.54, 1.807) is 0 Å². The largest absolute Gasteiger partial charge is 0.483 e. The van der Waals surface area contributed by atoms with Gasteiger partial charge in [0.15, 0.2) is 6.61 Å². The van der Waals surface area contributed by atoms with Crippen LogP contribution in [0.3, 0.4) is 0 Å². The van der Waals surface area contributed by atoms with Crippen LogP contribution in [0.15, 0.2) is 18.2 Å². The Hall–Kier alpha value is -2.28. The molecule has 0 heterocycles. The molecule has 0 aromatic heterocycles. The molecule has 112 valence electrons. The van der Waals surface area contributed by atoms with Gasteiger partial charge in [-0.2, -0.15) is 0 Å². The number of carboxylic acids is 1. The summed E-state index contributed by atoms with van der Waals surface area (Å²) in [5, 5.41) is 13.9. The van der Waals surface area contributed by atoms with Gasteiger partial charge in [0.2, 0.25) is 0 Å². The lowest BCUT2D eigenvalue weighted by atomic mass is 10.2. The zero-order valence-corrected chi connectivity index (χ0v) is 11.6. The number of ether oxygens (including phenoxy) is 1. The molecule has 7 nitrogen and oxygen atoms in total. The van der Waals surface area contributed by atoms with E-state index in [2.05, 4.69) is 10.6 Å². The van der Waals surface area contributed by atoms with Crippen molar-refractivity contribution in [2.45, 2.75) is 18.9 Å². The fraction of sp³-hybridized carbons (Fsp3) is 0.308. The average molecular weight is 313 g/mol. The number of nitrogens with one attached hydrogen (secondary N) is 2. The zero-order chi connectivity index (χ0) is 15.4. The summed E-state index contributed by atoms with van der Waals surface area (Å²) in [6.07, 6.45) is 1.82. The van der Waals surface area contributed by atoms with Gasteiger partial charge in [-0.25, -0.2) is 9.59 Å². The highest BCUT2D eigenvalue weighted by Gasteiger charge is 2.24. The minimum atomic E-state index is -1.22. The number of imide groups is 1. The van der Waals surface area contributed by atoms with E-state index in [1.165, 1.54) is 18.2 Å². The van der Waals surface area contributed by atoms with Gasteiger partial charge >= 0.3 is 12.0 Å². The van der Waals surface area contributed by atoms with Crippen molar-refractivity contribution in [3.8, 4) is 5.75 Å². The van der Waals surface area contributed by atoms with Crippen molar-refractivity contribution < 1.29 is 24.2 Å². The maximum Gasteiger partial charge on any atom is 0.339 e. The van der Waals surface area contributed by atoms with Gasteiger partial charge in [-0.1, -0.05) is 11.6 Å². The number of hydrogen-bond acceptors (Lipinski definition) is 4. The number of urea groups is 1. The summed E-state index contributed by atoms with van der Waals surface area (Å²) < 4.78 is 5.11. The fourth-order valence-electron chi connectivity index (χ4n) is 1.55. The van der Waals surface area contributed by atoms with Gasteiger partial charge in [0, 0.05) is 11.1 Å². The molecule has 8 heteroatoms. The number of hydrogen-bond donors (Lipinski definition) is 3. The van der Waals surface area contributed by atoms with E-state index in [4.69, 9.17) is 21.4 Å². The molecule has 1 fully saturated rings. The Bertz CT molecular complexity index is 586. The number of carbonyl (C=O) groups is 3. The van der Waals surface area contributed by atoms with Gasteiger partial charge in [-0.05, 0) is 31.0 Å². The van der Waals surface area contributed by atoms with Crippen LogP contribution in [-0.2, 0) is 4.79 Å². The molecule has 0 bridgehead atoms. The smallest absolute Gasteiger partial charge is 0.339 e. The van der Waals surface area contributed by atoms with Crippen molar-refractivity contribution in [3.05, 3.63) is 28.8 Å². The van der Waals surface area contributed by atoms with Crippen molar-refractivity contribution in [3.63, 3.8) is 0 Å². The molecule has 1 aliphatic rings. The minimum absolute atomic E-state index is 0.00431. The lowest BCUT2D eigenvalue weighted by molar-refractivity contribution is -0.122. The van der Waals surface area contributed by atoms with Crippen molar-refractivity contribution in [1.29, 1.82) is 0 Å². The number of amides is 3. The van der Waals surface area contributed by atoms with Gasteiger partial charge in [0.25, 0.3) is 5.91 Å². The molecule has 1 saturated carbocycles. The maximum absolute atomic E-state index is 11.5. The molecule has 1 aromatic carbocycles. The quantitative estimate of drug-likeness (QED) is 0.762. The van der Waals surface area contributed by atoms with Gasteiger partial charge in [0.1, 0.15) is 11.3 Å². The third kappa shape index (κ3) is 4.64. The molecule has 0 saturated heterocycles. The Balaban J connectivity index is 1.88. The topological polar surface area (TPSA) is 105 Å². The van der Waals surface area contributed by atoms with E-state index in [1.807, 2.05) is 0 Å². The van der Waals surface area contributed by atoms with Crippen molar-refractivity contribution in [1.82, 2.24) is 10.6 Å². The van der Waals surface area contributed by atoms with E-state index in [9.17, 15) is 14.4 Å². The Labute approximate surface area is 125 Å². The molecule has 1 aromatic rings. The molecule has 0 aliphatic heterocycles. The summed E-state index contributed by atoms with van der Waals surface area (Å²) in [6, 6.07) is 3.57. The van der Waals surface area contributed by atoms with Crippen LogP contribution in [0.4, 0.5) is 4.79 Å². The minimum Gasteiger partial charge on any atom is -0.483 e. The van der Waals surface area contributed by atoms with Crippen LogP contribution in [0.25, 0.3) is 0 Å². The number of rotatable bonds is 5. The Morgan fingerprint density at radius 3 is 2.67 bits per heavy atom. The molecule has 0 spiro atoms. The molecular formula is C13H13ClN2O5. The van der Waals surface area contributed by atoms with E-state index in [0.717, 1.165) is 12.8 Å². The molecule has 2 rings (SSSR count). The zero-order valence-electron chi connectivity index (χ0n) is 10.9. The van der Waals surface area contributed by atoms with Gasteiger partial charge in [-0.15, -0.1) is 0 Å². The summed E-state index contributed by atoms with van der Waals surface area (Å²) in [6.45, 7) is -0.472. The number of carbonyl (C=O) groups excluding carboxylic acids is 2. The normalized spacial score (nSPS) is 13.4. The second-order valence-electron chi connectivity index (χ2n) is 4.53. The van der Waals surface area contributed by atoms with Crippen LogP contribution in [0.1, 0.15) is 23.2 Å². The molecule has 3 N–H and O–H groups in total. The number of halogens is 1. The molecular weight excluding hydrogens is 300 g/mol. The summed E-state index contributed by atoms with van der Waals surface area (Å²) in [7, 11) is 0. The van der Waals surface area contributed by atoms with Gasteiger partial charge in [-0.3, -0.25) is 10.1 Å². The number of carboxylic acid groups (broad SMARTS) is 1. The molecule has 3 amide bonds. The first-order valence-electron chi connectivity index (χ1n) is 6.21. The molecule has 0 unspecified atom stereocenters. The first kappa shape index (κ1) is 15.1. The highest BCUT2D eigenvalue weighted by molar-refractivity contribution is 6.31. The van der Waals surface area contributed by atoms with E-state index >= 15 is 0 Å². The second kappa shape index (κ2) is 6.45. The molecule has 21 heavy (non-hydrogen) atoms. The maximum atomic E-state index is 11.5. The Morgan fingerprint density at radius 1 is 1.33 bits per heavy atom. The van der Waals surface area contributed by atoms with Crippen LogP contribution in [0.5, 0.6) is 5.75 Å². The Kier molecular flexibility index (Phi) is 4.64. The fourth-order valence-corrected chi connectivity index (χ4v) is 1.72. The summed E-state index contributed by atoms with van der Waals surface area (Å²) in [5.41, 5.74) is -0.155. The lowest BCUT2D eigenvalue weighted by Crippen LogP contribution is -2.42. The predicted octanol–water partition coefficient (Wildman–Crippen LogP) is 1.41. The summed E-state index contributed by atoms with van der Waals surface area (Å²) in [4.78, 5) is 33.9. The van der Waals surface area contributed by atoms with Crippen molar-refractivity contribution >= 4 is 29.5 Å². The summed E-state index contributed by atoms with van der Waals surface area (Å²) in [5.74, 6) is -1.89. The van der Waals surface area contributed by atoms with Gasteiger partial charge < -0.3 is 15.2 Å². The third-order valence-electron chi connectivity index (χ3n) is 2.70. The first-order chi connectivity index (χ1) is 9.95. The highest BCUT2D eigenvalue weighted by Crippen LogP contribution is 2.22. The van der Waals surface area contributed by atoms with Crippen LogP contribution >= 0.6 is 11.6 Å². The van der Waals surface area contributed by atoms with Crippen LogP contribution in [-0.4, -0.2) is 35.7 Å². The summed E-state index contributed by atoms with van der Waals surface area (Å²) >= 11 is 5.70. The van der Waals surface area contributed by atoms with Crippen LogP contribution in [0, 0.1) is 0 Å². The first-order valence-corrected chi connectivity index (χ1v) is 6.59. The SMILES string of the molecule is O=C(COc1ccc(Cl)cc1C(=O)O)NC(=O)NC1CC1. The third-order valence-corrected chi connectivity index (χ3v) is 2.93. The monoisotopic (exact) mass is 312 g/mol. The average Bonchev–Trinajstić information content (AvgIpc) is 3.20. The lowest BCUT2D eigenvalue weighted by Gasteiger charge is -2.09. The number of aromatic carboxylic acids is 1. The highest BCUT2D eigenvalue weighted by atomic mass is 35.5. The van der Waals surface area contributed by atoms with Crippen LogP contribution in [0.2, 0.25) is 5.02 Å². The van der Waals surface area contributed by atoms with Crippen molar-refractivity contribution in [2.75, 3.05) is 6.61 Å². The van der Waals surface area contributed by atoms with Gasteiger partial charge in [0.05, 0.1) is 0 Å². The molecule has 0 radical (unpaired) electrons. The second-order valence-corrected chi connectivity index (χ2v) is 4.97. The standard InChI is InChI=1S/C13H13ClN2O5/c14-7-1-4-10(9(5-7)12(18)19)21-6-11(17)16-13(20)15-8-2-3-8/h1,4-5,8H,2-3,6H2,(H,18,19)(H2,15,16,17,20).